The number of carbonyl (C=O) groups excluding carboxylic acids is 1. The van der Waals surface area contributed by atoms with Crippen molar-refractivity contribution in [1.29, 1.82) is 0 Å². The van der Waals surface area contributed by atoms with E-state index in [1.807, 2.05) is 6.92 Å². The van der Waals surface area contributed by atoms with Crippen LogP contribution >= 0.6 is 0 Å². The van der Waals surface area contributed by atoms with Crippen LogP contribution in [0.1, 0.15) is 12.5 Å². The molecule has 0 atom stereocenters. The third-order valence-electron chi connectivity index (χ3n) is 2.03. The lowest BCUT2D eigenvalue weighted by Crippen LogP contribution is -2.18. The van der Waals surface area contributed by atoms with Crippen LogP contribution in [0.4, 0.5) is 11.6 Å². The number of hydrogen-bond acceptors (Lipinski definition) is 6. The smallest absolute Gasteiger partial charge is 0.325 e. The molecule has 0 saturated carbocycles. The highest BCUT2D eigenvalue weighted by Crippen LogP contribution is 2.16. The molecule has 0 aliphatic heterocycles. The first kappa shape index (κ1) is 12.2. The van der Waals surface area contributed by atoms with E-state index in [1.165, 1.54) is 6.33 Å². The van der Waals surface area contributed by atoms with Crippen LogP contribution in [0.25, 0.3) is 0 Å². The summed E-state index contributed by atoms with van der Waals surface area (Å²) in [6.45, 7) is 4.13. The summed E-state index contributed by atoms with van der Waals surface area (Å²) in [6.07, 6.45) is 1.44. The van der Waals surface area contributed by atoms with Crippen molar-refractivity contribution in [1.82, 2.24) is 9.97 Å². The molecule has 6 nitrogen and oxygen atoms in total. The highest BCUT2D eigenvalue weighted by Gasteiger charge is 2.07. The molecule has 0 bridgehead atoms. The van der Waals surface area contributed by atoms with Crippen molar-refractivity contribution in [3.05, 3.63) is 11.9 Å². The van der Waals surface area contributed by atoms with E-state index >= 15 is 0 Å². The maximum absolute atomic E-state index is 11.1. The molecular weight excluding hydrogens is 208 g/mol. The molecule has 1 rings (SSSR count). The zero-order valence-electron chi connectivity index (χ0n) is 9.70. The topological polar surface area (TPSA) is 76.1 Å². The standard InChI is InChI=1S/C10H16N4O2/c1-4-16-8(15)5-12-10-7(2)9(11-3)13-6-14-10/h6H,4-5H2,1-3H3,(H2,11,12,13,14). The van der Waals surface area contributed by atoms with Crippen molar-refractivity contribution in [2.75, 3.05) is 30.8 Å². The molecule has 16 heavy (non-hydrogen) atoms. The summed E-state index contributed by atoms with van der Waals surface area (Å²) in [5.74, 6) is 1.07. The Kier molecular flexibility index (Phi) is 4.50. The van der Waals surface area contributed by atoms with Gasteiger partial charge in [0.15, 0.2) is 0 Å². The minimum atomic E-state index is -0.300. The molecule has 0 aliphatic rings. The number of anilines is 2. The van der Waals surface area contributed by atoms with Gasteiger partial charge < -0.3 is 15.4 Å². The van der Waals surface area contributed by atoms with Gasteiger partial charge in [0.1, 0.15) is 24.5 Å². The predicted octanol–water partition coefficient (Wildman–Crippen LogP) is 0.802. The van der Waals surface area contributed by atoms with Gasteiger partial charge in [0.25, 0.3) is 0 Å². The number of hydrogen-bond donors (Lipinski definition) is 2. The summed E-state index contributed by atoms with van der Waals surface area (Å²) >= 11 is 0. The number of aromatic nitrogens is 2. The van der Waals surface area contributed by atoms with Crippen LogP contribution in [0.5, 0.6) is 0 Å². The average molecular weight is 224 g/mol. The molecule has 0 saturated heterocycles. The molecule has 88 valence electrons. The summed E-state index contributed by atoms with van der Waals surface area (Å²) in [5.41, 5.74) is 0.870. The first-order valence-electron chi connectivity index (χ1n) is 5.07. The maximum atomic E-state index is 11.1. The fourth-order valence-electron chi connectivity index (χ4n) is 1.25. The minimum Gasteiger partial charge on any atom is -0.465 e. The van der Waals surface area contributed by atoms with Crippen molar-refractivity contribution in [3.8, 4) is 0 Å². The van der Waals surface area contributed by atoms with E-state index in [-0.39, 0.29) is 12.5 Å². The SMILES string of the molecule is CCOC(=O)CNc1ncnc(NC)c1C. The Morgan fingerprint density at radius 2 is 2.12 bits per heavy atom. The number of esters is 1. The van der Waals surface area contributed by atoms with Crippen LogP contribution in [0.2, 0.25) is 0 Å². The van der Waals surface area contributed by atoms with Crippen LogP contribution in [0.15, 0.2) is 6.33 Å². The predicted molar refractivity (Wildman–Crippen MR) is 61.4 cm³/mol. The van der Waals surface area contributed by atoms with Gasteiger partial charge in [-0.3, -0.25) is 4.79 Å². The van der Waals surface area contributed by atoms with Crippen molar-refractivity contribution in [2.24, 2.45) is 0 Å². The molecule has 0 aromatic carbocycles. The normalized spacial score (nSPS) is 9.69. The molecule has 0 spiro atoms. The molecule has 2 N–H and O–H groups in total. The van der Waals surface area contributed by atoms with E-state index < -0.39 is 0 Å². The van der Waals surface area contributed by atoms with Crippen LogP contribution in [-0.4, -0.2) is 36.1 Å². The average Bonchev–Trinajstić information content (AvgIpc) is 2.28. The third kappa shape index (κ3) is 3.08. The molecule has 0 amide bonds. The minimum absolute atomic E-state index is 0.106. The van der Waals surface area contributed by atoms with Gasteiger partial charge in [-0.1, -0.05) is 0 Å². The van der Waals surface area contributed by atoms with Gasteiger partial charge in [-0.2, -0.15) is 0 Å². The number of rotatable bonds is 5. The van der Waals surface area contributed by atoms with E-state index in [9.17, 15) is 4.79 Å². The fourth-order valence-corrected chi connectivity index (χ4v) is 1.25. The van der Waals surface area contributed by atoms with Gasteiger partial charge in [0.2, 0.25) is 0 Å². The Bertz CT molecular complexity index is 368. The largest absolute Gasteiger partial charge is 0.465 e. The number of nitrogens with one attached hydrogen (secondary N) is 2. The van der Waals surface area contributed by atoms with E-state index in [1.54, 1.807) is 14.0 Å². The van der Waals surface area contributed by atoms with Gasteiger partial charge in [0.05, 0.1) is 6.61 Å². The highest BCUT2D eigenvalue weighted by atomic mass is 16.5. The highest BCUT2D eigenvalue weighted by molar-refractivity contribution is 5.75. The Morgan fingerprint density at radius 1 is 1.44 bits per heavy atom. The maximum Gasteiger partial charge on any atom is 0.325 e. The van der Waals surface area contributed by atoms with Gasteiger partial charge in [0, 0.05) is 12.6 Å². The monoisotopic (exact) mass is 224 g/mol. The van der Waals surface area contributed by atoms with Crippen LogP contribution < -0.4 is 10.6 Å². The molecule has 1 aromatic rings. The zero-order valence-corrected chi connectivity index (χ0v) is 9.70. The quantitative estimate of drug-likeness (QED) is 0.720. The Morgan fingerprint density at radius 3 is 2.75 bits per heavy atom. The van der Waals surface area contributed by atoms with E-state index in [0.717, 1.165) is 11.4 Å². The van der Waals surface area contributed by atoms with Crippen LogP contribution in [0.3, 0.4) is 0 Å². The zero-order chi connectivity index (χ0) is 12.0. The summed E-state index contributed by atoms with van der Waals surface area (Å²) in [7, 11) is 1.78. The van der Waals surface area contributed by atoms with Gasteiger partial charge >= 0.3 is 5.97 Å². The van der Waals surface area contributed by atoms with E-state index in [0.29, 0.717) is 12.4 Å². The second-order valence-corrected chi connectivity index (χ2v) is 3.10. The Labute approximate surface area is 94.4 Å². The van der Waals surface area contributed by atoms with Gasteiger partial charge in [-0.15, -0.1) is 0 Å². The van der Waals surface area contributed by atoms with Gasteiger partial charge in [-0.05, 0) is 13.8 Å². The molecule has 6 heteroatoms. The summed E-state index contributed by atoms with van der Waals surface area (Å²) in [5, 5.41) is 5.85. The third-order valence-corrected chi connectivity index (χ3v) is 2.03. The lowest BCUT2D eigenvalue weighted by molar-refractivity contribution is -0.140. The molecule has 1 heterocycles. The number of carbonyl (C=O) groups is 1. The second kappa shape index (κ2) is 5.89. The van der Waals surface area contributed by atoms with Gasteiger partial charge in [-0.25, -0.2) is 9.97 Å². The molecular formula is C10H16N4O2. The lowest BCUT2D eigenvalue weighted by Gasteiger charge is -2.10. The van der Waals surface area contributed by atoms with Crippen molar-refractivity contribution in [2.45, 2.75) is 13.8 Å². The Balaban J connectivity index is 2.63. The summed E-state index contributed by atoms with van der Waals surface area (Å²) < 4.78 is 4.80. The lowest BCUT2D eigenvalue weighted by atomic mass is 10.3. The molecule has 0 aliphatic carbocycles. The van der Waals surface area contributed by atoms with Crippen molar-refractivity contribution >= 4 is 17.6 Å². The van der Waals surface area contributed by atoms with Crippen molar-refractivity contribution in [3.63, 3.8) is 0 Å². The first-order valence-corrected chi connectivity index (χ1v) is 5.07. The summed E-state index contributed by atoms with van der Waals surface area (Å²) in [4.78, 5) is 19.2. The van der Waals surface area contributed by atoms with E-state index in [2.05, 4.69) is 20.6 Å². The molecule has 0 unspecified atom stereocenters. The second-order valence-electron chi connectivity index (χ2n) is 3.10. The summed E-state index contributed by atoms with van der Waals surface area (Å²) in [6, 6.07) is 0. The molecule has 0 fully saturated rings. The van der Waals surface area contributed by atoms with E-state index in [4.69, 9.17) is 4.74 Å². The van der Waals surface area contributed by atoms with Crippen LogP contribution in [-0.2, 0) is 9.53 Å². The molecule has 0 radical (unpaired) electrons. The first-order chi connectivity index (χ1) is 7.69. The van der Waals surface area contributed by atoms with Crippen LogP contribution in [0, 0.1) is 6.92 Å². The number of nitrogens with zero attached hydrogens (tertiary/aromatic N) is 2. The van der Waals surface area contributed by atoms with Crippen molar-refractivity contribution < 1.29 is 9.53 Å². The molecule has 1 aromatic heterocycles. The fraction of sp³-hybridized carbons (Fsp3) is 0.500. The Hall–Kier alpha value is -1.85. The number of ether oxygens (including phenoxy) is 1.